The molecule has 0 amide bonds. The number of likely N-dealkylation sites (N-methyl/N-ethyl adjacent to an activating group) is 1. The van der Waals surface area contributed by atoms with E-state index in [0.29, 0.717) is 11.7 Å². The van der Waals surface area contributed by atoms with Gasteiger partial charge < -0.3 is 10.2 Å². The predicted octanol–water partition coefficient (Wildman–Crippen LogP) is 0.831. The molecule has 1 fully saturated rings. The van der Waals surface area contributed by atoms with Gasteiger partial charge in [-0.1, -0.05) is 0 Å². The number of aromatic nitrogens is 2. The average molecular weight is 217 g/mol. The zero-order valence-electron chi connectivity index (χ0n) is 9.35. The van der Waals surface area contributed by atoms with Crippen LogP contribution in [0.25, 0.3) is 0 Å². The van der Waals surface area contributed by atoms with Gasteiger partial charge in [0.05, 0.1) is 11.8 Å². The van der Waals surface area contributed by atoms with E-state index < -0.39 is 0 Å². The van der Waals surface area contributed by atoms with Crippen LogP contribution in [-0.2, 0) is 0 Å². The predicted molar refractivity (Wildman–Crippen MR) is 61.0 cm³/mol. The molecule has 2 rings (SSSR count). The Balaban J connectivity index is 1.99. The van der Waals surface area contributed by atoms with E-state index in [1.165, 1.54) is 0 Å². The highest BCUT2D eigenvalue weighted by Crippen LogP contribution is 2.24. The molecule has 0 bridgehead atoms. The van der Waals surface area contributed by atoms with Crippen molar-refractivity contribution in [2.24, 2.45) is 0 Å². The van der Waals surface area contributed by atoms with Gasteiger partial charge in [0.2, 0.25) is 0 Å². The molecule has 0 aromatic carbocycles. The minimum absolute atomic E-state index is 0.264. The van der Waals surface area contributed by atoms with Gasteiger partial charge in [-0.25, -0.2) is 0 Å². The quantitative estimate of drug-likeness (QED) is 0.760. The number of hydrogen-bond acceptors (Lipinski definition) is 5. The van der Waals surface area contributed by atoms with Crippen molar-refractivity contribution in [1.82, 2.24) is 15.1 Å². The van der Waals surface area contributed by atoms with Crippen molar-refractivity contribution in [3.63, 3.8) is 0 Å². The third kappa shape index (κ3) is 2.47. The SMILES string of the molecule is CN1CCC(c2ccc(NCC#N)nn2)C1. The van der Waals surface area contributed by atoms with Gasteiger partial charge in [-0.05, 0) is 32.1 Å². The molecular formula is C11H15N5. The summed E-state index contributed by atoms with van der Waals surface area (Å²) in [5, 5.41) is 19.5. The van der Waals surface area contributed by atoms with E-state index in [-0.39, 0.29) is 6.54 Å². The lowest BCUT2D eigenvalue weighted by molar-refractivity contribution is 0.410. The summed E-state index contributed by atoms with van der Waals surface area (Å²) in [6, 6.07) is 5.89. The summed E-state index contributed by atoms with van der Waals surface area (Å²) < 4.78 is 0. The van der Waals surface area contributed by atoms with Crippen molar-refractivity contribution < 1.29 is 0 Å². The second-order valence-electron chi connectivity index (χ2n) is 4.10. The fourth-order valence-corrected chi connectivity index (χ4v) is 1.96. The number of nitrogens with zero attached hydrogens (tertiary/aromatic N) is 4. The molecule has 16 heavy (non-hydrogen) atoms. The number of nitriles is 1. The van der Waals surface area contributed by atoms with E-state index in [1.807, 2.05) is 18.2 Å². The highest BCUT2D eigenvalue weighted by atomic mass is 15.2. The van der Waals surface area contributed by atoms with Gasteiger partial charge >= 0.3 is 0 Å². The fourth-order valence-electron chi connectivity index (χ4n) is 1.96. The Hall–Kier alpha value is -1.67. The molecule has 1 aliphatic rings. The highest BCUT2D eigenvalue weighted by Gasteiger charge is 2.22. The molecule has 1 atom stereocenters. The first-order chi connectivity index (χ1) is 7.79. The maximum absolute atomic E-state index is 8.42. The summed E-state index contributed by atoms with van der Waals surface area (Å²) in [7, 11) is 2.12. The topological polar surface area (TPSA) is 64.8 Å². The van der Waals surface area contributed by atoms with E-state index in [9.17, 15) is 0 Å². The average Bonchev–Trinajstić information content (AvgIpc) is 2.74. The molecule has 5 nitrogen and oxygen atoms in total. The molecule has 1 aromatic heterocycles. The number of hydrogen-bond donors (Lipinski definition) is 1. The van der Waals surface area contributed by atoms with Gasteiger partial charge in [-0.3, -0.25) is 0 Å². The van der Waals surface area contributed by atoms with Crippen LogP contribution in [0.5, 0.6) is 0 Å². The molecule has 1 unspecified atom stereocenters. The number of rotatable bonds is 3. The summed E-state index contributed by atoms with van der Waals surface area (Å²) in [6.07, 6.45) is 1.15. The van der Waals surface area contributed by atoms with Crippen LogP contribution in [0.1, 0.15) is 18.0 Å². The van der Waals surface area contributed by atoms with Crippen molar-refractivity contribution in [3.8, 4) is 6.07 Å². The normalized spacial score (nSPS) is 20.6. The van der Waals surface area contributed by atoms with Crippen LogP contribution in [-0.4, -0.2) is 41.8 Å². The molecule has 2 heterocycles. The lowest BCUT2D eigenvalue weighted by atomic mass is 10.1. The Morgan fingerprint density at radius 2 is 2.44 bits per heavy atom. The van der Waals surface area contributed by atoms with Crippen molar-refractivity contribution in [2.45, 2.75) is 12.3 Å². The van der Waals surface area contributed by atoms with Gasteiger partial charge in [0.15, 0.2) is 0 Å². The molecule has 1 N–H and O–H groups in total. The molecule has 84 valence electrons. The summed E-state index contributed by atoms with van der Waals surface area (Å²) >= 11 is 0. The zero-order chi connectivity index (χ0) is 11.4. The first-order valence-electron chi connectivity index (χ1n) is 5.42. The van der Waals surface area contributed by atoms with Crippen LogP contribution < -0.4 is 5.32 Å². The van der Waals surface area contributed by atoms with Crippen LogP contribution in [0, 0.1) is 11.3 Å². The molecule has 0 saturated carbocycles. The summed E-state index contributed by atoms with van der Waals surface area (Å²) in [6.45, 7) is 2.45. The molecular weight excluding hydrogens is 202 g/mol. The van der Waals surface area contributed by atoms with Crippen molar-refractivity contribution in [1.29, 1.82) is 5.26 Å². The van der Waals surface area contributed by atoms with E-state index >= 15 is 0 Å². The molecule has 0 aliphatic carbocycles. The Labute approximate surface area is 95.1 Å². The van der Waals surface area contributed by atoms with Gasteiger partial charge in [0.25, 0.3) is 0 Å². The Morgan fingerprint density at radius 1 is 1.56 bits per heavy atom. The first-order valence-corrected chi connectivity index (χ1v) is 5.42. The molecule has 5 heteroatoms. The second kappa shape index (κ2) is 4.90. The number of likely N-dealkylation sites (tertiary alicyclic amines) is 1. The van der Waals surface area contributed by atoms with Gasteiger partial charge in [-0.15, -0.1) is 5.10 Å². The third-order valence-corrected chi connectivity index (χ3v) is 2.84. The van der Waals surface area contributed by atoms with Crippen LogP contribution in [0.2, 0.25) is 0 Å². The second-order valence-corrected chi connectivity index (χ2v) is 4.10. The van der Waals surface area contributed by atoms with E-state index in [1.54, 1.807) is 0 Å². The Morgan fingerprint density at radius 3 is 3.00 bits per heavy atom. The van der Waals surface area contributed by atoms with E-state index in [0.717, 1.165) is 25.2 Å². The molecule has 1 aliphatic heterocycles. The first kappa shape index (κ1) is 10.8. The monoisotopic (exact) mass is 217 g/mol. The molecule has 1 saturated heterocycles. The Kier molecular flexibility index (Phi) is 3.32. The van der Waals surface area contributed by atoms with Crippen molar-refractivity contribution >= 4 is 5.82 Å². The number of nitrogens with one attached hydrogen (secondary N) is 1. The van der Waals surface area contributed by atoms with E-state index in [4.69, 9.17) is 5.26 Å². The lowest BCUT2D eigenvalue weighted by Crippen LogP contribution is -2.14. The lowest BCUT2D eigenvalue weighted by Gasteiger charge is -2.09. The van der Waals surface area contributed by atoms with Crippen LogP contribution >= 0.6 is 0 Å². The largest absolute Gasteiger partial charge is 0.356 e. The maximum atomic E-state index is 8.42. The molecule has 0 radical (unpaired) electrons. The smallest absolute Gasteiger partial charge is 0.149 e. The van der Waals surface area contributed by atoms with Gasteiger partial charge in [-0.2, -0.15) is 10.4 Å². The molecule has 0 spiro atoms. The minimum Gasteiger partial charge on any atom is -0.356 e. The van der Waals surface area contributed by atoms with Gasteiger partial charge in [0.1, 0.15) is 12.4 Å². The summed E-state index contributed by atoms with van der Waals surface area (Å²) in [5.41, 5.74) is 1.05. The summed E-state index contributed by atoms with van der Waals surface area (Å²) in [5.74, 6) is 1.17. The van der Waals surface area contributed by atoms with Crippen LogP contribution in [0.3, 0.4) is 0 Å². The van der Waals surface area contributed by atoms with E-state index in [2.05, 4.69) is 27.5 Å². The van der Waals surface area contributed by atoms with Crippen molar-refractivity contribution in [2.75, 3.05) is 32.0 Å². The standard InChI is InChI=1S/C11H15N5/c1-16-7-4-9(8-16)10-2-3-11(15-14-10)13-6-5-12/h2-3,9H,4,6-8H2,1H3,(H,13,15). The molecule has 1 aromatic rings. The highest BCUT2D eigenvalue weighted by molar-refractivity contribution is 5.34. The van der Waals surface area contributed by atoms with Crippen molar-refractivity contribution in [3.05, 3.63) is 17.8 Å². The van der Waals surface area contributed by atoms with Crippen LogP contribution in [0.15, 0.2) is 12.1 Å². The number of anilines is 1. The zero-order valence-corrected chi connectivity index (χ0v) is 9.35. The maximum Gasteiger partial charge on any atom is 0.149 e. The van der Waals surface area contributed by atoms with Crippen LogP contribution in [0.4, 0.5) is 5.82 Å². The summed E-state index contributed by atoms with van der Waals surface area (Å²) in [4.78, 5) is 2.30. The Bertz CT molecular complexity index is 380. The fraction of sp³-hybridized carbons (Fsp3) is 0.545. The van der Waals surface area contributed by atoms with Gasteiger partial charge in [0, 0.05) is 12.5 Å². The minimum atomic E-state index is 0.264. The third-order valence-electron chi connectivity index (χ3n) is 2.84.